The molecule has 72 valence electrons. The average Bonchev–Trinajstić information content (AvgIpc) is 2.65. The molecule has 0 aromatic heterocycles. The molecule has 1 saturated carbocycles. The van der Waals surface area contributed by atoms with Gasteiger partial charge in [-0.15, -0.1) is 0 Å². The molecule has 2 N–H and O–H groups in total. The standard InChI is InChI=1S/C11H18N2/c1-3-11(9(2)8-12)13-10-6-4-5-7-10/h3,8,10,12-13H,1,4-7H2,2H3/b11-9-,12-8?. The first-order valence-electron chi connectivity index (χ1n) is 4.88. The SMILES string of the molecule is C=C/C(NC1CCCC1)=C(\C)C=N. The highest BCUT2D eigenvalue weighted by atomic mass is 14.9. The van der Waals surface area contributed by atoms with Gasteiger partial charge < -0.3 is 10.7 Å². The van der Waals surface area contributed by atoms with Crippen molar-refractivity contribution >= 4 is 6.21 Å². The Labute approximate surface area is 80.2 Å². The van der Waals surface area contributed by atoms with Gasteiger partial charge in [-0.2, -0.15) is 0 Å². The van der Waals surface area contributed by atoms with E-state index < -0.39 is 0 Å². The van der Waals surface area contributed by atoms with E-state index in [-0.39, 0.29) is 0 Å². The summed E-state index contributed by atoms with van der Waals surface area (Å²) in [5, 5.41) is 10.6. The largest absolute Gasteiger partial charge is 0.382 e. The van der Waals surface area contributed by atoms with Crippen LogP contribution in [0.2, 0.25) is 0 Å². The molecule has 2 heteroatoms. The number of hydrogen-bond acceptors (Lipinski definition) is 2. The minimum absolute atomic E-state index is 0.600. The highest BCUT2D eigenvalue weighted by Gasteiger charge is 2.14. The molecule has 1 rings (SSSR count). The zero-order valence-corrected chi connectivity index (χ0v) is 8.27. The van der Waals surface area contributed by atoms with Crippen LogP contribution in [0.5, 0.6) is 0 Å². The van der Waals surface area contributed by atoms with Gasteiger partial charge in [0.2, 0.25) is 0 Å². The maximum Gasteiger partial charge on any atom is 0.0381 e. The third-order valence-corrected chi connectivity index (χ3v) is 2.56. The van der Waals surface area contributed by atoms with Gasteiger partial charge in [0.25, 0.3) is 0 Å². The fourth-order valence-corrected chi connectivity index (χ4v) is 1.70. The molecule has 0 atom stereocenters. The van der Waals surface area contributed by atoms with E-state index in [0.29, 0.717) is 6.04 Å². The Kier molecular flexibility index (Phi) is 3.74. The second-order valence-corrected chi connectivity index (χ2v) is 3.57. The molecule has 0 amide bonds. The number of rotatable bonds is 4. The van der Waals surface area contributed by atoms with Crippen LogP contribution in [-0.2, 0) is 0 Å². The Morgan fingerprint density at radius 2 is 2.08 bits per heavy atom. The van der Waals surface area contributed by atoms with E-state index in [0.717, 1.165) is 11.3 Å². The maximum absolute atomic E-state index is 7.15. The lowest BCUT2D eigenvalue weighted by atomic mass is 10.2. The Bertz CT molecular complexity index is 222. The third kappa shape index (κ3) is 2.72. The fourth-order valence-electron chi connectivity index (χ4n) is 1.70. The molecule has 0 spiro atoms. The van der Waals surface area contributed by atoms with Crippen LogP contribution >= 0.6 is 0 Å². The van der Waals surface area contributed by atoms with Crippen LogP contribution in [-0.4, -0.2) is 12.3 Å². The number of hydrogen-bond donors (Lipinski definition) is 2. The number of nitrogens with one attached hydrogen (secondary N) is 2. The molecule has 0 aliphatic heterocycles. The van der Waals surface area contributed by atoms with Gasteiger partial charge >= 0.3 is 0 Å². The minimum atomic E-state index is 0.600. The van der Waals surface area contributed by atoms with Crippen molar-refractivity contribution in [2.24, 2.45) is 0 Å². The van der Waals surface area contributed by atoms with Crippen LogP contribution in [0.3, 0.4) is 0 Å². The molecule has 13 heavy (non-hydrogen) atoms. The third-order valence-electron chi connectivity index (χ3n) is 2.56. The minimum Gasteiger partial charge on any atom is -0.382 e. The van der Waals surface area contributed by atoms with Crippen molar-refractivity contribution in [1.29, 1.82) is 5.41 Å². The average molecular weight is 178 g/mol. The molecule has 1 aliphatic carbocycles. The van der Waals surface area contributed by atoms with Crippen LogP contribution < -0.4 is 5.32 Å². The lowest BCUT2D eigenvalue weighted by Gasteiger charge is -2.15. The van der Waals surface area contributed by atoms with E-state index in [1.165, 1.54) is 31.9 Å². The van der Waals surface area contributed by atoms with Crippen LogP contribution in [0.25, 0.3) is 0 Å². The summed E-state index contributed by atoms with van der Waals surface area (Å²) in [5.74, 6) is 0. The maximum atomic E-state index is 7.15. The van der Waals surface area contributed by atoms with Crippen molar-refractivity contribution in [1.82, 2.24) is 5.32 Å². The van der Waals surface area contributed by atoms with Crippen LogP contribution in [0, 0.1) is 5.41 Å². The Hall–Kier alpha value is -1.05. The summed E-state index contributed by atoms with van der Waals surface area (Å²) in [4.78, 5) is 0. The van der Waals surface area contributed by atoms with Gasteiger partial charge in [0.1, 0.15) is 0 Å². The molecule has 1 fully saturated rings. The first kappa shape index (κ1) is 10.0. The number of allylic oxidation sites excluding steroid dienone is 2. The molecule has 2 nitrogen and oxygen atoms in total. The van der Waals surface area contributed by atoms with E-state index in [1.54, 1.807) is 6.08 Å². The van der Waals surface area contributed by atoms with Gasteiger partial charge in [0.05, 0.1) is 0 Å². The summed E-state index contributed by atoms with van der Waals surface area (Å²) < 4.78 is 0. The van der Waals surface area contributed by atoms with Crippen molar-refractivity contribution in [3.05, 3.63) is 23.9 Å². The molecule has 0 saturated heterocycles. The molecule has 0 heterocycles. The van der Waals surface area contributed by atoms with Gasteiger partial charge in [0, 0.05) is 18.0 Å². The lowest BCUT2D eigenvalue weighted by molar-refractivity contribution is 0.591. The second kappa shape index (κ2) is 4.85. The lowest BCUT2D eigenvalue weighted by Crippen LogP contribution is -2.25. The Morgan fingerprint density at radius 1 is 1.46 bits per heavy atom. The molecule has 0 bridgehead atoms. The van der Waals surface area contributed by atoms with E-state index in [4.69, 9.17) is 5.41 Å². The summed E-state index contributed by atoms with van der Waals surface area (Å²) in [6.45, 7) is 5.68. The molecule has 0 radical (unpaired) electrons. The van der Waals surface area contributed by atoms with Gasteiger partial charge in [-0.05, 0) is 31.4 Å². The molecule has 0 unspecified atom stereocenters. The first-order valence-corrected chi connectivity index (χ1v) is 4.88. The van der Waals surface area contributed by atoms with Gasteiger partial charge in [-0.1, -0.05) is 19.4 Å². The van der Waals surface area contributed by atoms with Gasteiger partial charge in [0.15, 0.2) is 0 Å². The topological polar surface area (TPSA) is 35.9 Å². The van der Waals surface area contributed by atoms with Crippen molar-refractivity contribution in [2.75, 3.05) is 0 Å². The monoisotopic (exact) mass is 178 g/mol. The summed E-state index contributed by atoms with van der Waals surface area (Å²) in [5.41, 5.74) is 1.98. The summed E-state index contributed by atoms with van der Waals surface area (Å²) in [7, 11) is 0. The summed E-state index contributed by atoms with van der Waals surface area (Å²) in [6, 6.07) is 0.600. The molecule has 0 aromatic rings. The Balaban J connectivity index is 2.57. The highest BCUT2D eigenvalue weighted by Crippen LogP contribution is 2.19. The predicted octanol–water partition coefficient (Wildman–Crippen LogP) is 2.63. The van der Waals surface area contributed by atoms with E-state index in [2.05, 4.69) is 11.9 Å². The molecule has 0 aromatic carbocycles. The fraction of sp³-hybridized carbons (Fsp3) is 0.545. The predicted molar refractivity (Wildman–Crippen MR) is 57.1 cm³/mol. The van der Waals surface area contributed by atoms with Crippen molar-refractivity contribution in [3.8, 4) is 0 Å². The van der Waals surface area contributed by atoms with Gasteiger partial charge in [-0.25, -0.2) is 0 Å². The van der Waals surface area contributed by atoms with E-state index in [1.807, 2.05) is 6.92 Å². The van der Waals surface area contributed by atoms with Crippen LogP contribution in [0.4, 0.5) is 0 Å². The highest BCUT2D eigenvalue weighted by molar-refractivity contribution is 5.76. The van der Waals surface area contributed by atoms with Crippen molar-refractivity contribution in [3.63, 3.8) is 0 Å². The zero-order chi connectivity index (χ0) is 9.68. The summed E-state index contributed by atoms with van der Waals surface area (Å²) >= 11 is 0. The van der Waals surface area contributed by atoms with Crippen LogP contribution in [0.1, 0.15) is 32.6 Å². The zero-order valence-electron chi connectivity index (χ0n) is 8.27. The molecular weight excluding hydrogens is 160 g/mol. The quantitative estimate of drug-likeness (QED) is 0.504. The van der Waals surface area contributed by atoms with Crippen LogP contribution in [0.15, 0.2) is 23.9 Å². The molecular formula is C11H18N2. The normalized spacial score (nSPS) is 19.5. The van der Waals surface area contributed by atoms with E-state index in [9.17, 15) is 0 Å². The summed E-state index contributed by atoms with van der Waals surface area (Å²) in [6.07, 6.45) is 8.33. The second-order valence-electron chi connectivity index (χ2n) is 3.57. The molecule has 1 aliphatic rings. The van der Waals surface area contributed by atoms with Gasteiger partial charge in [-0.3, -0.25) is 0 Å². The van der Waals surface area contributed by atoms with E-state index >= 15 is 0 Å². The first-order chi connectivity index (χ1) is 6.27. The van der Waals surface area contributed by atoms with Crippen molar-refractivity contribution in [2.45, 2.75) is 38.6 Å². The smallest absolute Gasteiger partial charge is 0.0381 e. The Morgan fingerprint density at radius 3 is 2.54 bits per heavy atom. The van der Waals surface area contributed by atoms with Crippen molar-refractivity contribution < 1.29 is 0 Å².